The lowest BCUT2D eigenvalue weighted by Gasteiger charge is -2.06. The molecule has 4 rings (SSSR count). The number of rotatable bonds is 3. The van der Waals surface area contributed by atoms with Crippen molar-refractivity contribution in [2.24, 2.45) is 0 Å². The van der Waals surface area contributed by atoms with Crippen molar-refractivity contribution >= 4 is 11.0 Å². The van der Waals surface area contributed by atoms with E-state index in [9.17, 15) is 0 Å². The van der Waals surface area contributed by atoms with Crippen molar-refractivity contribution in [2.75, 3.05) is 0 Å². The molecule has 0 atom stereocenters. The van der Waals surface area contributed by atoms with Crippen molar-refractivity contribution < 1.29 is 9.15 Å². The zero-order chi connectivity index (χ0) is 14.8. The Morgan fingerprint density at radius 2 is 1.86 bits per heavy atom. The molecule has 0 aliphatic carbocycles. The highest BCUT2D eigenvalue weighted by Crippen LogP contribution is 2.25. The van der Waals surface area contributed by atoms with Crippen LogP contribution >= 0.6 is 0 Å². The molecule has 2 heterocycles. The van der Waals surface area contributed by atoms with Crippen LogP contribution in [-0.2, 0) is 0 Å². The second kappa shape index (κ2) is 5.25. The Balaban J connectivity index is 1.66. The molecule has 4 aromatic rings. The third-order valence-electron chi connectivity index (χ3n) is 3.09. The zero-order valence-corrected chi connectivity index (χ0v) is 11.4. The molecule has 6 nitrogen and oxygen atoms in total. The topological polar surface area (TPSA) is 73.9 Å². The number of hydrogen-bond acceptors (Lipinski definition) is 6. The molecule has 6 heteroatoms. The summed E-state index contributed by atoms with van der Waals surface area (Å²) in [6.45, 7) is 0. The average Bonchev–Trinajstić information content (AvgIpc) is 3.10. The summed E-state index contributed by atoms with van der Waals surface area (Å²) in [5, 5.41) is 7.54. The van der Waals surface area contributed by atoms with E-state index in [0.717, 1.165) is 16.6 Å². The Kier molecular flexibility index (Phi) is 2.97. The second-order valence-electron chi connectivity index (χ2n) is 4.57. The SMILES string of the molecule is c1cc(Oc2cnc3ccccc3n2)cc(-c2nnco2)c1. The van der Waals surface area contributed by atoms with Crippen molar-refractivity contribution in [3.8, 4) is 23.1 Å². The molecule has 0 amide bonds. The molecule has 0 bridgehead atoms. The van der Waals surface area contributed by atoms with Gasteiger partial charge in [-0.3, -0.25) is 0 Å². The van der Waals surface area contributed by atoms with Gasteiger partial charge < -0.3 is 9.15 Å². The third kappa shape index (κ3) is 2.37. The highest BCUT2D eigenvalue weighted by atomic mass is 16.5. The maximum atomic E-state index is 5.76. The molecule has 0 saturated carbocycles. The normalized spacial score (nSPS) is 10.7. The molecule has 22 heavy (non-hydrogen) atoms. The summed E-state index contributed by atoms with van der Waals surface area (Å²) in [6.07, 6.45) is 2.89. The minimum Gasteiger partial charge on any atom is -0.437 e. The molecule has 0 unspecified atom stereocenters. The van der Waals surface area contributed by atoms with Gasteiger partial charge in [0.05, 0.1) is 17.2 Å². The molecule has 0 saturated heterocycles. The second-order valence-corrected chi connectivity index (χ2v) is 4.57. The Labute approximate surface area is 125 Å². The fourth-order valence-electron chi connectivity index (χ4n) is 2.10. The summed E-state index contributed by atoms with van der Waals surface area (Å²) < 4.78 is 10.9. The van der Waals surface area contributed by atoms with E-state index in [1.807, 2.05) is 48.5 Å². The Hall–Kier alpha value is -3.28. The highest BCUT2D eigenvalue weighted by molar-refractivity contribution is 5.74. The van der Waals surface area contributed by atoms with Crippen LogP contribution in [0.1, 0.15) is 0 Å². The number of nitrogens with zero attached hydrogens (tertiary/aromatic N) is 4. The summed E-state index contributed by atoms with van der Waals surface area (Å²) in [7, 11) is 0. The van der Waals surface area contributed by atoms with Crippen LogP contribution in [0.2, 0.25) is 0 Å². The van der Waals surface area contributed by atoms with Gasteiger partial charge in [-0.05, 0) is 30.3 Å². The zero-order valence-electron chi connectivity index (χ0n) is 11.4. The smallest absolute Gasteiger partial charge is 0.247 e. The molecule has 0 radical (unpaired) electrons. The summed E-state index contributed by atoms with van der Waals surface area (Å²) in [4.78, 5) is 8.75. The van der Waals surface area contributed by atoms with Crippen LogP contribution in [0.3, 0.4) is 0 Å². The number of fused-ring (bicyclic) bond motifs is 1. The summed E-state index contributed by atoms with van der Waals surface area (Å²) >= 11 is 0. The van der Waals surface area contributed by atoms with Gasteiger partial charge in [0, 0.05) is 5.56 Å². The van der Waals surface area contributed by atoms with Crippen LogP contribution < -0.4 is 4.74 Å². The molecular formula is C16H10N4O2. The minimum atomic E-state index is 0.432. The standard InChI is InChI=1S/C16H10N4O2/c1-2-7-14-13(6-1)17-9-15(19-14)22-12-5-3-4-11(8-12)16-20-18-10-21-16/h1-10H. The third-order valence-corrected chi connectivity index (χ3v) is 3.09. The highest BCUT2D eigenvalue weighted by Gasteiger charge is 2.06. The molecule has 0 N–H and O–H groups in total. The fraction of sp³-hybridized carbons (Fsp3) is 0. The van der Waals surface area contributed by atoms with Crippen LogP contribution in [0.4, 0.5) is 0 Å². The van der Waals surface area contributed by atoms with Crippen LogP contribution in [0.25, 0.3) is 22.5 Å². The number of benzene rings is 2. The van der Waals surface area contributed by atoms with Crippen LogP contribution in [0.15, 0.2) is 65.5 Å². The van der Waals surface area contributed by atoms with E-state index in [1.165, 1.54) is 6.39 Å². The molecule has 0 fully saturated rings. The first kappa shape index (κ1) is 12.5. The minimum absolute atomic E-state index is 0.432. The van der Waals surface area contributed by atoms with Crippen molar-refractivity contribution in [2.45, 2.75) is 0 Å². The maximum Gasteiger partial charge on any atom is 0.247 e. The predicted molar refractivity (Wildman–Crippen MR) is 79.3 cm³/mol. The van der Waals surface area contributed by atoms with Gasteiger partial charge in [-0.2, -0.15) is 0 Å². The lowest BCUT2D eigenvalue weighted by atomic mass is 10.2. The van der Waals surface area contributed by atoms with E-state index in [2.05, 4.69) is 20.2 Å². The van der Waals surface area contributed by atoms with Gasteiger partial charge in [0.1, 0.15) is 5.75 Å². The van der Waals surface area contributed by atoms with Gasteiger partial charge in [-0.1, -0.05) is 18.2 Å². The summed E-state index contributed by atoms with van der Waals surface area (Å²) in [6, 6.07) is 15.0. The van der Waals surface area contributed by atoms with Gasteiger partial charge in [-0.15, -0.1) is 10.2 Å². The average molecular weight is 290 g/mol. The largest absolute Gasteiger partial charge is 0.437 e. The quantitative estimate of drug-likeness (QED) is 0.575. The molecule has 0 aliphatic heterocycles. The van der Waals surface area contributed by atoms with Gasteiger partial charge in [0.15, 0.2) is 0 Å². The molecule has 0 spiro atoms. The van der Waals surface area contributed by atoms with Gasteiger partial charge in [0.25, 0.3) is 0 Å². The molecule has 2 aromatic heterocycles. The van der Waals surface area contributed by atoms with E-state index in [0.29, 0.717) is 17.5 Å². The predicted octanol–water partition coefficient (Wildman–Crippen LogP) is 3.47. The van der Waals surface area contributed by atoms with Gasteiger partial charge >= 0.3 is 0 Å². The summed E-state index contributed by atoms with van der Waals surface area (Å²) in [5.41, 5.74) is 2.39. The van der Waals surface area contributed by atoms with E-state index >= 15 is 0 Å². The van der Waals surface area contributed by atoms with Crippen LogP contribution in [-0.4, -0.2) is 20.2 Å². The number of hydrogen-bond donors (Lipinski definition) is 0. The molecule has 0 aliphatic rings. The van der Waals surface area contributed by atoms with Gasteiger partial charge in [0.2, 0.25) is 18.2 Å². The molecule has 106 valence electrons. The number of ether oxygens (including phenoxy) is 1. The lowest BCUT2D eigenvalue weighted by Crippen LogP contribution is -1.91. The number of aromatic nitrogens is 4. The Morgan fingerprint density at radius 1 is 0.955 bits per heavy atom. The lowest BCUT2D eigenvalue weighted by molar-refractivity contribution is 0.462. The van der Waals surface area contributed by atoms with E-state index < -0.39 is 0 Å². The first-order valence-corrected chi connectivity index (χ1v) is 6.65. The number of para-hydroxylation sites is 2. The summed E-state index contributed by atoms with van der Waals surface area (Å²) in [5.74, 6) is 1.50. The van der Waals surface area contributed by atoms with Crippen molar-refractivity contribution in [1.29, 1.82) is 0 Å². The fourth-order valence-corrected chi connectivity index (χ4v) is 2.10. The molecule has 2 aromatic carbocycles. The van der Waals surface area contributed by atoms with Gasteiger partial charge in [-0.25, -0.2) is 9.97 Å². The van der Waals surface area contributed by atoms with Crippen LogP contribution in [0, 0.1) is 0 Å². The van der Waals surface area contributed by atoms with Crippen molar-refractivity contribution in [3.63, 3.8) is 0 Å². The Morgan fingerprint density at radius 3 is 2.73 bits per heavy atom. The van der Waals surface area contributed by atoms with Crippen molar-refractivity contribution in [3.05, 3.63) is 61.1 Å². The first-order chi connectivity index (χ1) is 10.9. The van der Waals surface area contributed by atoms with E-state index in [1.54, 1.807) is 6.20 Å². The molecular weight excluding hydrogens is 280 g/mol. The monoisotopic (exact) mass is 290 g/mol. The van der Waals surface area contributed by atoms with Crippen LogP contribution in [0.5, 0.6) is 11.6 Å². The Bertz CT molecular complexity index is 922. The van der Waals surface area contributed by atoms with E-state index in [4.69, 9.17) is 9.15 Å². The first-order valence-electron chi connectivity index (χ1n) is 6.65. The maximum absolute atomic E-state index is 5.76. The van der Waals surface area contributed by atoms with E-state index in [-0.39, 0.29) is 0 Å². The van der Waals surface area contributed by atoms with Crippen molar-refractivity contribution in [1.82, 2.24) is 20.2 Å².